The van der Waals surface area contributed by atoms with E-state index in [0.717, 1.165) is 6.08 Å². The lowest BCUT2D eigenvalue weighted by atomic mass is 10.1. The molecule has 0 aromatic heterocycles. The zero-order valence-electron chi connectivity index (χ0n) is 7.95. The number of benzene rings is 1. The van der Waals surface area contributed by atoms with E-state index in [-0.39, 0.29) is 10.5 Å². The molecule has 0 saturated heterocycles. The molecule has 1 aromatic rings. The third-order valence-electron chi connectivity index (χ3n) is 1.75. The number of carboxylic acids is 1. The van der Waals surface area contributed by atoms with Crippen LogP contribution >= 0.6 is 0 Å². The quantitative estimate of drug-likeness (QED) is 0.605. The molecule has 0 bridgehead atoms. The highest BCUT2D eigenvalue weighted by Crippen LogP contribution is 2.17. The molecule has 0 aliphatic heterocycles. The van der Waals surface area contributed by atoms with Crippen LogP contribution < -0.4 is 0 Å². The summed E-state index contributed by atoms with van der Waals surface area (Å²) in [5.74, 6) is -1.17. The summed E-state index contributed by atoms with van der Waals surface area (Å²) < 4.78 is 25.5. The number of carboxylic acid groups (broad SMARTS) is 1. The summed E-state index contributed by atoms with van der Waals surface area (Å²) in [7, 11) is -4.15. The molecule has 1 rings (SSSR count). The van der Waals surface area contributed by atoms with Gasteiger partial charge in [-0.25, -0.2) is 4.79 Å². The van der Waals surface area contributed by atoms with Crippen LogP contribution in [0.25, 0.3) is 0 Å². The molecule has 0 amide bonds. The molecule has 0 saturated carbocycles. The number of nitrogens with zero attached hydrogens (tertiary/aromatic N) is 1. The van der Waals surface area contributed by atoms with Crippen molar-refractivity contribution < 1.29 is 23.1 Å². The lowest BCUT2D eigenvalue weighted by Gasteiger charge is -2.03. The van der Waals surface area contributed by atoms with Gasteiger partial charge in [0.05, 0.1) is 11.3 Å². The van der Waals surface area contributed by atoms with Crippen LogP contribution in [0, 0.1) is 0 Å². The number of isocyanates is 1. The standard InChI is InChI=1S/C9H7NO5S/c11-6-10-16(14,15)8-4-2-1-3-7(8)5-9(12)13/h1-4H,5H2,(H,12,13). The minimum atomic E-state index is -4.15. The van der Waals surface area contributed by atoms with Gasteiger partial charge in [0, 0.05) is 0 Å². The van der Waals surface area contributed by atoms with Crippen molar-refractivity contribution in [3.05, 3.63) is 29.8 Å². The molecule has 0 heterocycles. The van der Waals surface area contributed by atoms with E-state index < -0.39 is 22.4 Å². The normalized spacial score (nSPS) is 10.5. The zero-order valence-corrected chi connectivity index (χ0v) is 8.77. The first kappa shape index (κ1) is 12.1. The number of sulfonamides is 1. The highest BCUT2D eigenvalue weighted by Gasteiger charge is 2.18. The Hall–Kier alpha value is -1.98. The van der Waals surface area contributed by atoms with E-state index in [1.54, 1.807) is 0 Å². The van der Waals surface area contributed by atoms with Crippen molar-refractivity contribution in [2.24, 2.45) is 4.40 Å². The Balaban J connectivity index is 3.34. The van der Waals surface area contributed by atoms with Crippen molar-refractivity contribution in [3.63, 3.8) is 0 Å². The Morgan fingerprint density at radius 3 is 2.56 bits per heavy atom. The molecule has 0 atom stereocenters. The Morgan fingerprint density at radius 2 is 2.00 bits per heavy atom. The number of hydrogen-bond acceptors (Lipinski definition) is 4. The maximum absolute atomic E-state index is 11.4. The second kappa shape index (κ2) is 4.69. The number of carbonyl (C=O) groups is 1. The maximum atomic E-state index is 11.4. The predicted molar refractivity (Wildman–Crippen MR) is 53.1 cm³/mol. The van der Waals surface area contributed by atoms with Gasteiger partial charge in [-0.1, -0.05) is 22.6 Å². The van der Waals surface area contributed by atoms with Crippen LogP contribution in [-0.2, 0) is 26.0 Å². The molecule has 0 spiro atoms. The van der Waals surface area contributed by atoms with Gasteiger partial charge in [-0.2, -0.15) is 8.42 Å². The van der Waals surface area contributed by atoms with E-state index in [1.165, 1.54) is 24.3 Å². The van der Waals surface area contributed by atoms with Crippen molar-refractivity contribution in [1.29, 1.82) is 0 Å². The first-order chi connectivity index (χ1) is 7.47. The van der Waals surface area contributed by atoms with Crippen LogP contribution in [-0.4, -0.2) is 25.6 Å². The van der Waals surface area contributed by atoms with E-state index in [9.17, 15) is 18.0 Å². The highest BCUT2D eigenvalue weighted by molar-refractivity contribution is 7.90. The van der Waals surface area contributed by atoms with E-state index in [1.807, 2.05) is 0 Å². The van der Waals surface area contributed by atoms with Gasteiger partial charge < -0.3 is 5.11 Å². The van der Waals surface area contributed by atoms with E-state index >= 15 is 0 Å². The second-order valence-electron chi connectivity index (χ2n) is 2.84. The van der Waals surface area contributed by atoms with Crippen LogP contribution in [0.15, 0.2) is 33.6 Å². The minimum Gasteiger partial charge on any atom is -0.481 e. The molecule has 0 radical (unpaired) electrons. The summed E-state index contributed by atoms with van der Waals surface area (Å²) >= 11 is 0. The van der Waals surface area contributed by atoms with E-state index in [4.69, 9.17) is 5.11 Å². The molecule has 0 fully saturated rings. The summed E-state index contributed by atoms with van der Waals surface area (Å²) in [5, 5.41) is 8.58. The van der Waals surface area contributed by atoms with Crippen LogP contribution in [0.4, 0.5) is 0 Å². The van der Waals surface area contributed by atoms with Gasteiger partial charge in [0.25, 0.3) is 16.1 Å². The fourth-order valence-corrected chi connectivity index (χ4v) is 2.08. The van der Waals surface area contributed by atoms with Gasteiger partial charge in [0.2, 0.25) is 0 Å². The van der Waals surface area contributed by atoms with Crippen molar-refractivity contribution in [2.45, 2.75) is 11.3 Å². The van der Waals surface area contributed by atoms with Gasteiger partial charge in [-0.05, 0) is 11.6 Å². The number of hydrogen-bond donors (Lipinski definition) is 1. The topological polar surface area (TPSA) is 101 Å². The molecular weight excluding hydrogens is 234 g/mol. The predicted octanol–water partition coefficient (Wildman–Crippen LogP) is 0.338. The lowest BCUT2D eigenvalue weighted by Crippen LogP contribution is -2.06. The van der Waals surface area contributed by atoms with Crippen molar-refractivity contribution in [3.8, 4) is 0 Å². The zero-order chi connectivity index (χ0) is 12.2. The Morgan fingerprint density at radius 1 is 1.38 bits per heavy atom. The monoisotopic (exact) mass is 241 g/mol. The average molecular weight is 241 g/mol. The second-order valence-corrected chi connectivity index (χ2v) is 4.41. The van der Waals surface area contributed by atoms with Gasteiger partial charge in [0.15, 0.2) is 0 Å². The van der Waals surface area contributed by atoms with Gasteiger partial charge in [-0.15, -0.1) is 0 Å². The minimum absolute atomic E-state index is 0.0778. The van der Waals surface area contributed by atoms with Crippen LogP contribution in [0.3, 0.4) is 0 Å². The maximum Gasteiger partial charge on any atom is 0.307 e. The molecule has 0 unspecified atom stereocenters. The molecular formula is C9H7NO5S. The van der Waals surface area contributed by atoms with Crippen molar-refractivity contribution >= 4 is 22.1 Å². The fourth-order valence-electron chi connectivity index (χ4n) is 1.16. The Bertz CT molecular complexity index is 557. The molecule has 6 nitrogen and oxygen atoms in total. The molecule has 7 heteroatoms. The van der Waals surface area contributed by atoms with Gasteiger partial charge >= 0.3 is 5.97 Å². The highest BCUT2D eigenvalue weighted by atomic mass is 32.2. The molecule has 0 aliphatic rings. The molecule has 16 heavy (non-hydrogen) atoms. The van der Waals surface area contributed by atoms with Crippen LogP contribution in [0.2, 0.25) is 0 Å². The smallest absolute Gasteiger partial charge is 0.307 e. The largest absolute Gasteiger partial charge is 0.481 e. The average Bonchev–Trinajstić information content (AvgIpc) is 2.17. The SMILES string of the molecule is O=C=NS(=O)(=O)c1ccccc1CC(=O)O. The first-order valence-corrected chi connectivity index (χ1v) is 5.55. The number of aliphatic carboxylic acids is 1. The van der Waals surface area contributed by atoms with Crippen LogP contribution in [0.5, 0.6) is 0 Å². The summed E-state index contributed by atoms with van der Waals surface area (Å²) in [5.41, 5.74) is 0.0778. The molecule has 0 aliphatic carbocycles. The molecule has 1 N–H and O–H groups in total. The van der Waals surface area contributed by atoms with Crippen molar-refractivity contribution in [1.82, 2.24) is 0 Å². The number of carbonyl (C=O) groups excluding carboxylic acids is 1. The van der Waals surface area contributed by atoms with E-state index in [2.05, 4.69) is 4.40 Å². The van der Waals surface area contributed by atoms with Crippen LogP contribution in [0.1, 0.15) is 5.56 Å². The third kappa shape index (κ3) is 2.75. The lowest BCUT2D eigenvalue weighted by molar-refractivity contribution is -0.136. The summed E-state index contributed by atoms with van der Waals surface area (Å²) in [6.45, 7) is 0. The fraction of sp³-hybridized carbons (Fsp3) is 0.111. The summed E-state index contributed by atoms with van der Waals surface area (Å²) in [6, 6.07) is 5.45. The van der Waals surface area contributed by atoms with Gasteiger partial charge in [-0.3, -0.25) is 4.79 Å². The Labute approximate surface area is 91.3 Å². The number of rotatable bonds is 4. The third-order valence-corrected chi connectivity index (χ3v) is 3.02. The summed E-state index contributed by atoms with van der Waals surface area (Å²) in [6.07, 6.45) is 0.472. The molecule has 1 aromatic carbocycles. The summed E-state index contributed by atoms with van der Waals surface area (Å²) in [4.78, 5) is 20.2. The van der Waals surface area contributed by atoms with Crippen molar-refractivity contribution in [2.75, 3.05) is 0 Å². The van der Waals surface area contributed by atoms with E-state index in [0.29, 0.717) is 0 Å². The van der Waals surface area contributed by atoms with Gasteiger partial charge in [0.1, 0.15) is 0 Å². The first-order valence-electron chi connectivity index (χ1n) is 4.11. The molecule has 84 valence electrons. The Kier molecular flexibility index (Phi) is 3.55.